The molecule has 0 aliphatic rings. The SMILES string of the molecule is CCOc1ccc(N)cc1Cn1cc(Cl)cnc1=O. The Morgan fingerprint density at radius 2 is 2.26 bits per heavy atom. The van der Waals surface area contributed by atoms with Crippen LogP contribution in [0.1, 0.15) is 12.5 Å². The Bertz CT molecular complexity index is 640. The summed E-state index contributed by atoms with van der Waals surface area (Å²) in [5, 5.41) is 0.404. The summed E-state index contributed by atoms with van der Waals surface area (Å²) in [6.07, 6.45) is 2.86. The Morgan fingerprint density at radius 3 is 3.00 bits per heavy atom. The van der Waals surface area contributed by atoms with Crippen LogP contribution in [0.2, 0.25) is 5.02 Å². The third-order valence-electron chi connectivity index (χ3n) is 2.55. The molecular weight excluding hydrogens is 266 g/mol. The average molecular weight is 280 g/mol. The van der Waals surface area contributed by atoms with Gasteiger partial charge >= 0.3 is 5.69 Å². The number of rotatable bonds is 4. The minimum absolute atomic E-state index is 0.312. The molecule has 0 aliphatic heterocycles. The minimum atomic E-state index is -0.366. The first-order valence-corrected chi connectivity index (χ1v) is 6.21. The number of anilines is 1. The van der Waals surface area contributed by atoms with Crippen molar-refractivity contribution in [1.82, 2.24) is 9.55 Å². The van der Waals surface area contributed by atoms with Crippen LogP contribution in [-0.2, 0) is 6.54 Å². The van der Waals surface area contributed by atoms with Gasteiger partial charge in [0.05, 0.1) is 24.4 Å². The van der Waals surface area contributed by atoms with Gasteiger partial charge in [0.2, 0.25) is 0 Å². The highest BCUT2D eigenvalue weighted by atomic mass is 35.5. The van der Waals surface area contributed by atoms with E-state index in [1.54, 1.807) is 18.2 Å². The molecule has 1 aromatic carbocycles. The van der Waals surface area contributed by atoms with E-state index < -0.39 is 0 Å². The molecule has 19 heavy (non-hydrogen) atoms. The van der Waals surface area contributed by atoms with Gasteiger partial charge in [-0.25, -0.2) is 9.78 Å². The first-order chi connectivity index (χ1) is 9.10. The molecule has 0 radical (unpaired) electrons. The van der Waals surface area contributed by atoms with Gasteiger partial charge in [0.15, 0.2) is 0 Å². The number of ether oxygens (including phenoxy) is 1. The van der Waals surface area contributed by atoms with E-state index in [2.05, 4.69) is 4.98 Å². The lowest BCUT2D eigenvalue weighted by Crippen LogP contribution is -2.22. The number of nitrogen functional groups attached to an aromatic ring is 1. The van der Waals surface area contributed by atoms with Crippen molar-refractivity contribution in [3.05, 3.63) is 51.7 Å². The minimum Gasteiger partial charge on any atom is -0.494 e. The predicted octanol–water partition coefficient (Wildman–Crippen LogP) is 1.93. The number of nitrogens with two attached hydrogens (primary N) is 1. The van der Waals surface area contributed by atoms with E-state index in [-0.39, 0.29) is 5.69 Å². The Labute approximate surface area is 115 Å². The monoisotopic (exact) mass is 279 g/mol. The highest BCUT2D eigenvalue weighted by Gasteiger charge is 2.07. The van der Waals surface area contributed by atoms with Crippen molar-refractivity contribution in [2.45, 2.75) is 13.5 Å². The summed E-state index contributed by atoms with van der Waals surface area (Å²) in [6, 6.07) is 5.32. The zero-order chi connectivity index (χ0) is 13.8. The first-order valence-electron chi connectivity index (χ1n) is 5.83. The number of halogens is 1. The van der Waals surface area contributed by atoms with E-state index >= 15 is 0 Å². The van der Waals surface area contributed by atoms with E-state index in [1.165, 1.54) is 17.0 Å². The molecular formula is C13H14ClN3O2. The fraction of sp³-hybridized carbons (Fsp3) is 0.231. The molecule has 5 nitrogen and oxygen atoms in total. The second kappa shape index (κ2) is 5.75. The van der Waals surface area contributed by atoms with Crippen LogP contribution in [0.25, 0.3) is 0 Å². The quantitative estimate of drug-likeness (QED) is 0.868. The van der Waals surface area contributed by atoms with Crippen LogP contribution < -0.4 is 16.2 Å². The molecule has 1 aromatic heterocycles. The van der Waals surface area contributed by atoms with Crippen LogP contribution >= 0.6 is 11.6 Å². The Balaban J connectivity index is 2.39. The van der Waals surface area contributed by atoms with Gasteiger partial charge in [-0.15, -0.1) is 0 Å². The van der Waals surface area contributed by atoms with E-state index in [0.717, 1.165) is 5.56 Å². The van der Waals surface area contributed by atoms with Crippen LogP contribution in [0.4, 0.5) is 5.69 Å². The van der Waals surface area contributed by atoms with Crippen molar-refractivity contribution < 1.29 is 4.74 Å². The highest BCUT2D eigenvalue weighted by molar-refractivity contribution is 6.30. The van der Waals surface area contributed by atoms with Crippen LogP contribution in [0, 0.1) is 0 Å². The van der Waals surface area contributed by atoms with Crippen molar-refractivity contribution in [1.29, 1.82) is 0 Å². The van der Waals surface area contributed by atoms with E-state index in [4.69, 9.17) is 22.1 Å². The molecule has 0 unspecified atom stereocenters. The molecule has 0 saturated heterocycles. The normalized spacial score (nSPS) is 10.4. The third kappa shape index (κ3) is 3.26. The maximum Gasteiger partial charge on any atom is 0.347 e. The van der Waals surface area contributed by atoms with Crippen molar-refractivity contribution in [3.8, 4) is 5.75 Å². The number of nitrogens with zero attached hydrogens (tertiary/aromatic N) is 2. The van der Waals surface area contributed by atoms with Gasteiger partial charge in [-0.05, 0) is 25.1 Å². The summed E-state index contributed by atoms with van der Waals surface area (Å²) in [4.78, 5) is 15.3. The molecule has 0 aliphatic carbocycles. The summed E-state index contributed by atoms with van der Waals surface area (Å²) < 4.78 is 6.93. The molecule has 2 rings (SSSR count). The molecule has 2 aromatic rings. The smallest absolute Gasteiger partial charge is 0.347 e. The predicted molar refractivity (Wildman–Crippen MR) is 74.6 cm³/mol. The second-order valence-corrected chi connectivity index (χ2v) is 4.42. The van der Waals surface area contributed by atoms with Crippen LogP contribution in [-0.4, -0.2) is 16.2 Å². The molecule has 0 bridgehead atoms. The molecule has 2 N–H and O–H groups in total. The Kier molecular flexibility index (Phi) is 4.06. The largest absolute Gasteiger partial charge is 0.494 e. The Morgan fingerprint density at radius 1 is 1.47 bits per heavy atom. The lowest BCUT2D eigenvalue weighted by molar-refractivity contribution is 0.335. The van der Waals surface area contributed by atoms with Crippen molar-refractivity contribution in [2.75, 3.05) is 12.3 Å². The summed E-state index contributed by atoms with van der Waals surface area (Å²) in [5.74, 6) is 0.698. The topological polar surface area (TPSA) is 70.1 Å². The van der Waals surface area contributed by atoms with Crippen molar-refractivity contribution >= 4 is 17.3 Å². The van der Waals surface area contributed by atoms with Gasteiger partial charge in [-0.1, -0.05) is 11.6 Å². The fourth-order valence-electron chi connectivity index (χ4n) is 1.74. The average Bonchev–Trinajstić information content (AvgIpc) is 2.37. The number of benzene rings is 1. The zero-order valence-electron chi connectivity index (χ0n) is 10.5. The first kappa shape index (κ1) is 13.4. The standard InChI is InChI=1S/C13H14ClN3O2/c1-2-19-12-4-3-11(15)5-9(12)7-17-8-10(14)6-16-13(17)18/h3-6,8H,2,7,15H2,1H3. The molecule has 0 atom stereocenters. The molecule has 0 saturated carbocycles. The molecule has 0 fully saturated rings. The van der Waals surface area contributed by atoms with Gasteiger partial charge < -0.3 is 10.5 Å². The molecule has 0 spiro atoms. The lowest BCUT2D eigenvalue weighted by Gasteiger charge is -2.12. The molecule has 6 heteroatoms. The number of hydrogen-bond acceptors (Lipinski definition) is 4. The lowest BCUT2D eigenvalue weighted by atomic mass is 10.1. The van der Waals surface area contributed by atoms with Gasteiger partial charge in [-0.3, -0.25) is 4.57 Å². The van der Waals surface area contributed by atoms with Crippen molar-refractivity contribution in [2.24, 2.45) is 0 Å². The molecule has 100 valence electrons. The zero-order valence-corrected chi connectivity index (χ0v) is 11.2. The maximum atomic E-state index is 11.7. The Hall–Kier alpha value is -2.01. The highest BCUT2D eigenvalue weighted by Crippen LogP contribution is 2.22. The van der Waals surface area contributed by atoms with Crippen LogP contribution in [0.3, 0.4) is 0 Å². The van der Waals surface area contributed by atoms with Crippen LogP contribution in [0.15, 0.2) is 35.4 Å². The molecule has 0 amide bonds. The van der Waals surface area contributed by atoms with Gasteiger partial charge in [0.25, 0.3) is 0 Å². The van der Waals surface area contributed by atoms with E-state index in [9.17, 15) is 4.79 Å². The van der Waals surface area contributed by atoms with E-state index in [1.807, 2.05) is 6.92 Å². The molecule has 1 heterocycles. The maximum absolute atomic E-state index is 11.7. The summed E-state index contributed by atoms with van der Waals surface area (Å²) in [6.45, 7) is 2.75. The van der Waals surface area contributed by atoms with Gasteiger partial charge in [0, 0.05) is 17.4 Å². The van der Waals surface area contributed by atoms with Gasteiger partial charge in [-0.2, -0.15) is 0 Å². The van der Waals surface area contributed by atoms with Gasteiger partial charge in [0.1, 0.15) is 5.75 Å². The second-order valence-electron chi connectivity index (χ2n) is 3.98. The summed E-state index contributed by atoms with van der Waals surface area (Å²) in [7, 11) is 0. The van der Waals surface area contributed by atoms with Crippen molar-refractivity contribution in [3.63, 3.8) is 0 Å². The fourth-order valence-corrected chi connectivity index (χ4v) is 1.91. The van der Waals surface area contributed by atoms with E-state index in [0.29, 0.717) is 29.6 Å². The number of hydrogen-bond donors (Lipinski definition) is 1. The summed E-state index contributed by atoms with van der Waals surface area (Å²) in [5.41, 5.74) is 6.82. The number of aromatic nitrogens is 2. The third-order valence-corrected chi connectivity index (χ3v) is 2.74. The van der Waals surface area contributed by atoms with Crippen LogP contribution in [0.5, 0.6) is 5.75 Å². The summed E-state index contributed by atoms with van der Waals surface area (Å²) >= 11 is 5.84.